The molecule has 1 aromatic carbocycles. The van der Waals surface area contributed by atoms with E-state index in [-0.39, 0.29) is 18.0 Å². The fourth-order valence-corrected chi connectivity index (χ4v) is 4.44. The van der Waals surface area contributed by atoms with Gasteiger partial charge in [-0.25, -0.2) is 4.79 Å². The lowest BCUT2D eigenvalue weighted by Crippen LogP contribution is -2.41. The largest absolute Gasteiger partial charge is 0.368 e. The van der Waals surface area contributed by atoms with Gasteiger partial charge in [0.25, 0.3) is 5.91 Å². The minimum absolute atomic E-state index is 0.107. The third-order valence-electron chi connectivity index (χ3n) is 6.25. The lowest BCUT2D eigenvalue weighted by molar-refractivity contribution is -0.140. The molecule has 0 spiro atoms. The number of ether oxygens (including phenoxy) is 1. The predicted molar refractivity (Wildman–Crippen MR) is 117 cm³/mol. The molecule has 7 nitrogen and oxygen atoms in total. The standard InChI is InChI=1S/C24H26N4O3/c29-23(22-2-1-13-31-22)27-11-8-18(9-12-27)17-3-5-21(6-4-17)26-24(30)28-15-19-7-10-25-14-20(19)16-28/h3-8,10,14,22H,1-2,9,11-13,15-16H2,(H,26,30)/t22-/m1/s1. The van der Waals surface area contributed by atoms with E-state index in [0.29, 0.717) is 32.8 Å². The van der Waals surface area contributed by atoms with Gasteiger partial charge in [-0.2, -0.15) is 0 Å². The number of anilines is 1. The number of fused-ring (bicyclic) bond motifs is 1. The van der Waals surface area contributed by atoms with Gasteiger partial charge in [0.05, 0.1) is 0 Å². The maximum absolute atomic E-state index is 12.6. The smallest absolute Gasteiger partial charge is 0.322 e. The van der Waals surface area contributed by atoms with E-state index in [1.165, 1.54) is 5.57 Å². The molecule has 1 saturated heterocycles. The zero-order valence-corrected chi connectivity index (χ0v) is 17.4. The van der Waals surface area contributed by atoms with Crippen molar-refractivity contribution in [1.29, 1.82) is 0 Å². The van der Waals surface area contributed by atoms with Gasteiger partial charge in [-0.05, 0) is 59.7 Å². The van der Waals surface area contributed by atoms with E-state index in [1.807, 2.05) is 41.4 Å². The highest BCUT2D eigenvalue weighted by molar-refractivity contribution is 5.90. The van der Waals surface area contributed by atoms with Crippen LogP contribution in [0.2, 0.25) is 0 Å². The molecule has 0 saturated carbocycles. The first kappa shape index (κ1) is 19.8. The summed E-state index contributed by atoms with van der Waals surface area (Å²) in [6, 6.07) is 9.78. The number of pyridine rings is 1. The van der Waals surface area contributed by atoms with Crippen LogP contribution in [0, 0.1) is 0 Å². The topological polar surface area (TPSA) is 74.8 Å². The number of benzene rings is 1. The quantitative estimate of drug-likeness (QED) is 0.829. The van der Waals surface area contributed by atoms with Gasteiger partial charge in [0.15, 0.2) is 0 Å². The molecule has 1 N–H and O–H groups in total. The van der Waals surface area contributed by atoms with Gasteiger partial charge in [-0.3, -0.25) is 9.78 Å². The first-order valence-electron chi connectivity index (χ1n) is 10.8. The van der Waals surface area contributed by atoms with Crippen molar-refractivity contribution in [2.45, 2.75) is 38.5 Å². The molecule has 3 amide bonds. The molecule has 3 aliphatic rings. The van der Waals surface area contributed by atoms with Crippen LogP contribution in [0.25, 0.3) is 5.57 Å². The average molecular weight is 418 g/mol. The predicted octanol–water partition coefficient (Wildman–Crippen LogP) is 3.42. The highest BCUT2D eigenvalue weighted by Gasteiger charge is 2.29. The summed E-state index contributed by atoms with van der Waals surface area (Å²) in [4.78, 5) is 32.9. The van der Waals surface area contributed by atoms with Crippen LogP contribution in [0.5, 0.6) is 0 Å². The molecule has 1 fully saturated rings. The number of amides is 3. The SMILES string of the molecule is O=C(Nc1ccc(C2=CCN(C(=O)[C@H]3CCCO3)CC2)cc1)N1Cc2ccncc2C1. The van der Waals surface area contributed by atoms with E-state index in [9.17, 15) is 9.59 Å². The maximum Gasteiger partial charge on any atom is 0.322 e. The molecule has 31 heavy (non-hydrogen) atoms. The molecular weight excluding hydrogens is 392 g/mol. The molecule has 1 aromatic heterocycles. The summed E-state index contributed by atoms with van der Waals surface area (Å²) < 4.78 is 5.53. The van der Waals surface area contributed by atoms with Crippen molar-refractivity contribution in [2.75, 3.05) is 25.0 Å². The molecule has 0 aliphatic carbocycles. The van der Waals surface area contributed by atoms with Gasteiger partial charge in [0.2, 0.25) is 0 Å². The minimum Gasteiger partial charge on any atom is -0.368 e. The Balaban J connectivity index is 1.17. The number of rotatable bonds is 3. The van der Waals surface area contributed by atoms with Crippen molar-refractivity contribution in [2.24, 2.45) is 0 Å². The third-order valence-corrected chi connectivity index (χ3v) is 6.25. The van der Waals surface area contributed by atoms with Crippen LogP contribution in [0.4, 0.5) is 10.5 Å². The van der Waals surface area contributed by atoms with Crippen molar-refractivity contribution in [3.8, 4) is 0 Å². The Bertz CT molecular complexity index is 987. The molecule has 0 radical (unpaired) electrons. The van der Waals surface area contributed by atoms with Crippen LogP contribution in [-0.4, -0.2) is 52.5 Å². The first-order valence-corrected chi connectivity index (χ1v) is 10.8. The molecule has 1 atom stereocenters. The normalized spacial score (nSPS) is 20.4. The summed E-state index contributed by atoms with van der Waals surface area (Å²) in [5.74, 6) is 0.116. The van der Waals surface area contributed by atoms with Gasteiger partial charge in [0, 0.05) is 50.9 Å². The summed E-state index contributed by atoms with van der Waals surface area (Å²) in [5, 5.41) is 2.98. The molecule has 2 aromatic rings. The van der Waals surface area contributed by atoms with Crippen LogP contribution in [0.3, 0.4) is 0 Å². The number of nitrogens with one attached hydrogen (secondary N) is 1. The molecule has 4 heterocycles. The van der Waals surface area contributed by atoms with E-state index in [2.05, 4.69) is 16.4 Å². The zero-order chi connectivity index (χ0) is 21.2. The highest BCUT2D eigenvalue weighted by atomic mass is 16.5. The fourth-order valence-electron chi connectivity index (χ4n) is 4.44. The monoisotopic (exact) mass is 418 g/mol. The molecule has 3 aliphatic heterocycles. The molecule has 0 unspecified atom stereocenters. The van der Waals surface area contributed by atoms with E-state index < -0.39 is 0 Å². The van der Waals surface area contributed by atoms with Gasteiger partial charge >= 0.3 is 6.03 Å². The van der Waals surface area contributed by atoms with Gasteiger partial charge in [0.1, 0.15) is 6.10 Å². The van der Waals surface area contributed by atoms with Crippen LogP contribution >= 0.6 is 0 Å². The Kier molecular flexibility index (Phi) is 5.42. The second kappa shape index (κ2) is 8.51. The van der Waals surface area contributed by atoms with Crippen LogP contribution in [0.15, 0.2) is 48.8 Å². The number of hydrogen-bond acceptors (Lipinski definition) is 4. The van der Waals surface area contributed by atoms with Gasteiger partial charge in [-0.1, -0.05) is 18.2 Å². The Hall–Kier alpha value is -3.19. The lowest BCUT2D eigenvalue weighted by Gasteiger charge is -2.28. The van der Waals surface area contributed by atoms with Gasteiger partial charge < -0.3 is 19.9 Å². The molecule has 160 valence electrons. The van der Waals surface area contributed by atoms with E-state index in [0.717, 1.165) is 41.6 Å². The van der Waals surface area contributed by atoms with Crippen LogP contribution in [-0.2, 0) is 22.6 Å². The second-order valence-corrected chi connectivity index (χ2v) is 8.27. The van der Waals surface area contributed by atoms with Crippen LogP contribution in [0.1, 0.15) is 36.0 Å². The number of carbonyl (C=O) groups is 2. The number of urea groups is 1. The zero-order valence-electron chi connectivity index (χ0n) is 17.4. The average Bonchev–Trinajstić information content (AvgIpc) is 3.49. The van der Waals surface area contributed by atoms with Crippen molar-refractivity contribution in [1.82, 2.24) is 14.8 Å². The van der Waals surface area contributed by atoms with Crippen molar-refractivity contribution in [3.05, 3.63) is 65.5 Å². The Morgan fingerprint density at radius 3 is 2.61 bits per heavy atom. The number of hydrogen-bond donors (Lipinski definition) is 1. The highest BCUT2D eigenvalue weighted by Crippen LogP contribution is 2.26. The summed E-state index contributed by atoms with van der Waals surface area (Å²) in [6.07, 6.45) is 8.08. The summed E-state index contributed by atoms with van der Waals surface area (Å²) in [6.45, 7) is 3.22. The van der Waals surface area contributed by atoms with Crippen molar-refractivity contribution < 1.29 is 14.3 Å². The number of carbonyl (C=O) groups excluding carboxylic acids is 2. The van der Waals surface area contributed by atoms with E-state index in [1.54, 1.807) is 11.1 Å². The number of nitrogens with zero attached hydrogens (tertiary/aromatic N) is 3. The molecule has 7 heteroatoms. The summed E-state index contributed by atoms with van der Waals surface area (Å²) >= 11 is 0. The molecule has 0 bridgehead atoms. The van der Waals surface area contributed by atoms with Gasteiger partial charge in [-0.15, -0.1) is 0 Å². The van der Waals surface area contributed by atoms with E-state index >= 15 is 0 Å². The van der Waals surface area contributed by atoms with Crippen molar-refractivity contribution in [3.63, 3.8) is 0 Å². The lowest BCUT2D eigenvalue weighted by atomic mass is 9.99. The Labute approximate surface area is 181 Å². The summed E-state index contributed by atoms with van der Waals surface area (Å²) in [5.41, 5.74) is 5.38. The Morgan fingerprint density at radius 2 is 1.90 bits per heavy atom. The van der Waals surface area contributed by atoms with E-state index in [4.69, 9.17) is 4.74 Å². The molecule has 5 rings (SSSR count). The number of aromatic nitrogens is 1. The fraction of sp³-hybridized carbons (Fsp3) is 0.375. The minimum atomic E-state index is -0.252. The second-order valence-electron chi connectivity index (χ2n) is 8.27. The maximum atomic E-state index is 12.6. The Morgan fingerprint density at radius 1 is 1.06 bits per heavy atom. The third kappa shape index (κ3) is 4.18. The first-order chi connectivity index (χ1) is 15.2. The van der Waals surface area contributed by atoms with Crippen LogP contribution < -0.4 is 5.32 Å². The summed E-state index contributed by atoms with van der Waals surface area (Å²) in [7, 11) is 0. The molecular formula is C24H26N4O3. The van der Waals surface area contributed by atoms with Crippen molar-refractivity contribution >= 4 is 23.2 Å².